The van der Waals surface area contributed by atoms with Crippen molar-refractivity contribution >= 4 is 23.5 Å². The average Bonchev–Trinajstić information content (AvgIpc) is 2.78. The lowest BCUT2D eigenvalue weighted by molar-refractivity contribution is -0.469. The normalized spacial score (nSPS) is 11.4. The van der Waals surface area contributed by atoms with E-state index in [9.17, 15) is 10.0 Å². The van der Waals surface area contributed by atoms with Gasteiger partial charge in [0, 0.05) is 10.9 Å². The Kier molecular flexibility index (Phi) is 3.69. The Morgan fingerprint density at radius 1 is 1.44 bits per heavy atom. The van der Waals surface area contributed by atoms with E-state index in [1.54, 1.807) is 0 Å². The summed E-state index contributed by atoms with van der Waals surface area (Å²) < 4.78 is 0.777. The van der Waals surface area contributed by atoms with E-state index >= 15 is 0 Å². The number of primary amides is 1. The van der Waals surface area contributed by atoms with E-state index in [4.69, 9.17) is 5.73 Å². The summed E-state index contributed by atoms with van der Waals surface area (Å²) >= 11 is 1.21. The van der Waals surface area contributed by atoms with Gasteiger partial charge < -0.3 is 10.9 Å². The van der Waals surface area contributed by atoms with Gasteiger partial charge in [0.1, 0.15) is 5.69 Å². The standard InChI is InChI=1S/C12H11N3O2S/c13-12(16)10-8-18-11(14-10)7-15(17)6-9-4-2-1-3-5-9/h1-5,7-8H,6H2,(H2,13,16)/b15-7-. The third-order valence-electron chi connectivity index (χ3n) is 2.21. The van der Waals surface area contributed by atoms with E-state index in [1.165, 1.54) is 22.9 Å². The second kappa shape index (κ2) is 5.42. The third-order valence-corrected chi connectivity index (χ3v) is 2.99. The zero-order valence-electron chi connectivity index (χ0n) is 9.45. The Morgan fingerprint density at radius 3 is 2.78 bits per heavy atom. The molecule has 18 heavy (non-hydrogen) atoms. The van der Waals surface area contributed by atoms with Gasteiger partial charge in [-0.25, -0.2) is 9.72 Å². The largest absolute Gasteiger partial charge is 0.623 e. The van der Waals surface area contributed by atoms with E-state index in [1.807, 2.05) is 30.3 Å². The van der Waals surface area contributed by atoms with Crippen LogP contribution in [0.2, 0.25) is 0 Å². The molecule has 1 aromatic carbocycles. The minimum Gasteiger partial charge on any atom is -0.623 e. The number of nitrogens with zero attached hydrogens (tertiary/aromatic N) is 2. The first-order chi connectivity index (χ1) is 8.65. The molecule has 6 heteroatoms. The van der Waals surface area contributed by atoms with E-state index in [-0.39, 0.29) is 12.2 Å². The maximum absolute atomic E-state index is 11.7. The molecule has 2 N–H and O–H groups in total. The smallest absolute Gasteiger partial charge is 0.268 e. The number of nitrogens with two attached hydrogens (primary N) is 1. The summed E-state index contributed by atoms with van der Waals surface area (Å²) in [7, 11) is 0. The van der Waals surface area contributed by atoms with Crippen molar-refractivity contribution in [2.75, 3.05) is 0 Å². The van der Waals surface area contributed by atoms with Crippen LogP contribution in [0.4, 0.5) is 0 Å². The molecule has 0 atom stereocenters. The van der Waals surface area contributed by atoms with Crippen molar-refractivity contribution in [3.8, 4) is 0 Å². The van der Waals surface area contributed by atoms with Crippen molar-refractivity contribution in [3.05, 3.63) is 57.2 Å². The van der Waals surface area contributed by atoms with Gasteiger partial charge in [-0.1, -0.05) is 30.3 Å². The van der Waals surface area contributed by atoms with Crippen LogP contribution in [-0.4, -0.2) is 21.8 Å². The molecule has 0 bridgehead atoms. The Bertz CT molecular complexity index is 578. The van der Waals surface area contributed by atoms with Crippen molar-refractivity contribution in [2.24, 2.45) is 5.73 Å². The molecule has 92 valence electrons. The number of hydroxylamine groups is 1. The van der Waals surface area contributed by atoms with Crippen LogP contribution in [0.5, 0.6) is 0 Å². The van der Waals surface area contributed by atoms with Gasteiger partial charge in [-0.05, 0) is 0 Å². The van der Waals surface area contributed by atoms with Crippen molar-refractivity contribution < 1.29 is 9.53 Å². The van der Waals surface area contributed by atoms with Crippen LogP contribution in [0, 0.1) is 5.21 Å². The second-order valence-electron chi connectivity index (χ2n) is 3.63. The van der Waals surface area contributed by atoms with Crippen LogP contribution in [-0.2, 0) is 6.54 Å². The minimum absolute atomic E-state index is 0.180. The highest BCUT2D eigenvalue weighted by atomic mass is 32.1. The quantitative estimate of drug-likeness (QED) is 0.390. The molecular formula is C12H11N3O2S. The van der Waals surface area contributed by atoms with Crippen molar-refractivity contribution in [1.82, 2.24) is 4.98 Å². The van der Waals surface area contributed by atoms with Gasteiger partial charge >= 0.3 is 0 Å². The summed E-state index contributed by atoms with van der Waals surface area (Å²) in [4.78, 5) is 14.8. The highest BCUT2D eigenvalue weighted by Crippen LogP contribution is 2.07. The van der Waals surface area contributed by atoms with Crippen molar-refractivity contribution in [2.45, 2.75) is 6.54 Å². The number of hydrogen-bond donors (Lipinski definition) is 1. The topological polar surface area (TPSA) is 82.0 Å². The van der Waals surface area contributed by atoms with Gasteiger partial charge in [-0.15, -0.1) is 11.3 Å². The van der Waals surface area contributed by atoms with E-state index in [2.05, 4.69) is 4.98 Å². The van der Waals surface area contributed by atoms with Crippen molar-refractivity contribution in [1.29, 1.82) is 0 Å². The summed E-state index contributed by atoms with van der Waals surface area (Å²) in [5, 5.41) is 13.7. The third kappa shape index (κ3) is 3.14. The molecule has 0 aliphatic carbocycles. The van der Waals surface area contributed by atoms with Gasteiger partial charge in [0.15, 0.2) is 11.6 Å². The van der Waals surface area contributed by atoms with Crippen LogP contribution < -0.4 is 5.73 Å². The maximum Gasteiger partial charge on any atom is 0.268 e. The lowest BCUT2D eigenvalue weighted by atomic mass is 10.2. The number of hydrogen-bond acceptors (Lipinski definition) is 4. The molecule has 0 fully saturated rings. The molecule has 0 saturated carbocycles. The molecule has 1 aromatic heterocycles. The zero-order valence-corrected chi connectivity index (χ0v) is 10.3. The van der Waals surface area contributed by atoms with Crippen LogP contribution in [0.1, 0.15) is 21.1 Å². The fourth-order valence-corrected chi connectivity index (χ4v) is 2.12. The molecule has 0 unspecified atom stereocenters. The number of amides is 1. The number of rotatable bonds is 4. The van der Waals surface area contributed by atoms with Crippen LogP contribution in [0.15, 0.2) is 35.7 Å². The molecular weight excluding hydrogens is 250 g/mol. The number of benzene rings is 1. The zero-order chi connectivity index (χ0) is 13.0. The van der Waals surface area contributed by atoms with Crippen LogP contribution in [0.25, 0.3) is 0 Å². The molecule has 5 nitrogen and oxygen atoms in total. The molecule has 0 radical (unpaired) electrons. The van der Waals surface area contributed by atoms with E-state index in [0.717, 1.165) is 10.3 Å². The number of thiazole rings is 1. The summed E-state index contributed by atoms with van der Waals surface area (Å²) in [6.07, 6.45) is 1.35. The Morgan fingerprint density at radius 2 is 2.17 bits per heavy atom. The predicted octanol–water partition coefficient (Wildman–Crippen LogP) is 1.37. The molecule has 2 aromatic rings. The fourth-order valence-electron chi connectivity index (χ4n) is 1.39. The average molecular weight is 261 g/mol. The molecule has 0 spiro atoms. The van der Waals surface area contributed by atoms with Gasteiger partial charge in [0.05, 0.1) is 0 Å². The monoisotopic (exact) mass is 261 g/mol. The highest BCUT2D eigenvalue weighted by molar-refractivity contribution is 7.11. The molecule has 1 heterocycles. The molecule has 1 amide bonds. The lowest BCUT2D eigenvalue weighted by Crippen LogP contribution is -2.11. The number of carbonyl (C=O) groups is 1. The fraction of sp³-hybridized carbons (Fsp3) is 0.0833. The lowest BCUT2D eigenvalue weighted by Gasteiger charge is -2.02. The minimum atomic E-state index is -0.591. The predicted molar refractivity (Wildman–Crippen MR) is 69.6 cm³/mol. The molecule has 0 aliphatic rings. The Balaban J connectivity index is 2.10. The summed E-state index contributed by atoms with van der Waals surface area (Å²) in [5.74, 6) is -0.591. The highest BCUT2D eigenvalue weighted by Gasteiger charge is 2.07. The Labute approximate surface area is 108 Å². The molecule has 0 saturated heterocycles. The first kappa shape index (κ1) is 12.3. The summed E-state index contributed by atoms with van der Waals surface area (Å²) in [6.45, 7) is 0.242. The van der Waals surface area contributed by atoms with Gasteiger partial charge in [0.2, 0.25) is 6.21 Å². The first-order valence-electron chi connectivity index (χ1n) is 5.23. The number of carbonyl (C=O) groups excluding carboxylic acids is 1. The number of aromatic nitrogens is 1. The molecule has 0 aliphatic heterocycles. The maximum atomic E-state index is 11.7. The van der Waals surface area contributed by atoms with Crippen LogP contribution in [0.3, 0.4) is 0 Å². The Hall–Kier alpha value is -2.21. The second-order valence-corrected chi connectivity index (χ2v) is 4.51. The SMILES string of the molecule is NC(=O)c1csc(/C=[N+](\[O-])Cc2ccccc2)n1. The van der Waals surface area contributed by atoms with E-state index < -0.39 is 5.91 Å². The van der Waals surface area contributed by atoms with Gasteiger partial charge in [-0.3, -0.25) is 4.79 Å². The van der Waals surface area contributed by atoms with E-state index in [0.29, 0.717) is 5.01 Å². The first-order valence-corrected chi connectivity index (χ1v) is 6.11. The summed E-state index contributed by atoms with van der Waals surface area (Å²) in [6, 6.07) is 9.38. The molecule has 2 rings (SSSR count). The van der Waals surface area contributed by atoms with Gasteiger partial charge in [-0.2, -0.15) is 0 Å². The van der Waals surface area contributed by atoms with Gasteiger partial charge in [0.25, 0.3) is 5.91 Å². The summed E-state index contributed by atoms with van der Waals surface area (Å²) in [5.41, 5.74) is 6.17. The van der Waals surface area contributed by atoms with Crippen LogP contribution >= 0.6 is 11.3 Å². The van der Waals surface area contributed by atoms with Crippen molar-refractivity contribution in [3.63, 3.8) is 0 Å².